The van der Waals surface area contributed by atoms with E-state index in [1.165, 1.54) is 32.6 Å². The number of hydrogen-bond acceptors (Lipinski definition) is 6. The largest absolute Gasteiger partial charge is 0.493 e. The van der Waals surface area contributed by atoms with Crippen molar-refractivity contribution in [2.75, 3.05) is 19.5 Å². The van der Waals surface area contributed by atoms with Crippen LogP contribution < -0.4 is 9.47 Å². The minimum Gasteiger partial charge on any atom is -0.493 e. The highest BCUT2D eigenvalue weighted by Gasteiger charge is 2.31. The van der Waals surface area contributed by atoms with Crippen molar-refractivity contribution in [1.82, 2.24) is 0 Å². The van der Waals surface area contributed by atoms with Crippen molar-refractivity contribution in [2.24, 2.45) is 0 Å². The van der Waals surface area contributed by atoms with Gasteiger partial charge in [0.1, 0.15) is 4.90 Å². The normalized spacial score (nSPS) is 20.6. The van der Waals surface area contributed by atoms with Crippen molar-refractivity contribution in [1.29, 1.82) is 0 Å². The van der Waals surface area contributed by atoms with Crippen LogP contribution >= 0.6 is 11.8 Å². The molecule has 1 N–H and O–H groups in total. The summed E-state index contributed by atoms with van der Waals surface area (Å²) >= 11 is 1.95. The van der Waals surface area contributed by atoms with Gasteiger partial charge in [-0.1, -0.05) is 33.1 Å². The minimum atomic E-state index is -3.70. The van der Waals surface area contributed by atoms with Gasteiger partial charge in [-0.25, -0.2) is 8.42 Å². The molecule has 3 unspecified atom stereocenters. The molecule has 1 aliphatic rings. The van der Waals surface area contributed by atoms with Crippen LogP contribution in [-0.2, 0) is 9.84 Å². The zero-order valence-corrected chi connectivity index (χ0v) is 19.8. The predicted molar refractivity (Wildman–Crippen MR) is 120 cm³/mol. The molecule has 1 aromatic rings. The quantitative estimate of drug-likeness (QED) is 0.449. The van der Waals surface area contributed by atoms with Crippen molar-refractivity contribution < 1.29 is 23.0 Å². The van der Waals surface area contributed by atoms with Crippen LogP contribution in [0.4, 0.5) is 0 Å². The second-order valence-corrected chi connectivity index (χ2v) is 11.4. The molecule has 0 amide bonds. The van der Waals surface area contributed by atoms with E-state index in [0.717, 1.165) is 24.8 Å². The molecule has 1 aromatic carbocycles. The Morgan fingerprint density at radius 3 is 2.59 bits per heavy atom. The third kappa shape index (κ3) is 6.79. The molecule has 1 aliphatic heterocycles. The Bertz CT molecular complexity index is 746. The molecule has 3 atom stereocenters. The molecule has 1 saturated heterocycles. The Kier molecular flexibility index (Phi) is 9.63. The second-order valence-electron chi connectivity index (χ2n) is 7.85. The molecule has 0 spiro atoms. The zero-order chi connectivity index (χ0) is 21.4. The Morgan fingerprint density at radius 1 is 1.21 bits per heavy atom. The summed E-state index contributed by atoms with van der Waals surface area (Å²) < 4.78 is 37.3. The number of benzene rings is 1. The fraction of sp³-hybridized carbons (Fsp3) is 0.727. The lowest BCUT2D eigenvalue weighted by atomic mass is 10.0. The van der Waals surface area contributed by atoms with Crippen LogP contribution in [0.3, 0.4) is 0 Å². The van der Waals surface area contributed by atoms with E-state index in [-0.39, 0.29) is 21.6 Å². The van der Waals surface area contributed by atoms with E-state index in [1.54, 1.807) is 13.2 Å². The molecule has 2 rings (SSSR count). The molecule has 1 heterocycles. The highest BCUT2D eigenvalue weighted by atomic mass is 32.2. The average molecular weight is 445 g/mol. The topological polar surface area (TPSA) is 72.8 Å². The van der Waals surface area contributed by atoms with Crippen LogP contribution in [0.15, 0.2) is 17.0 Å². The molecule has 0 aliphatic carbocycles. The number of rotatable bonds is 12. The van der Waals surface area contributed by atoms with Gasteiger partial charge in [0.15, 0.2) is 21.3 Å². The van der Waals surface area contributed by atoms with Crippen molar-refractivity contribution in [3.05, 3.63) is 17.7 Å². The molecule has 7 heteroatoms. The lowest BCUT2D eigenvalue weighted by molar-refractivity contribution is 0.218. The van der Waals surface area contributed by atoms with Gasteiger partial charge >= 0.3 is 0 Å². The van der Waals surface area contributed by atoms with E-state index in [2.05, 4.69) is 6.92 Å². The van der Waals surface area contributed by atoms with Gasteiger partial charge in [-0.05, 0) is 50.3 Å². The molecule has 0 bridgehead atoms. The number of ether oxygens (including phenoxy) is 2. The maximum Gasteiger partial charge on any atom is 0.184 e. The summed E-state index contributed by atoms with van der Waals surface area (Å²) in [5.74, 6) is 0.385. The summed E-state index contributed by atoms with van der Waals surface area (Å²) in [6.07, 6.45) is 6.97. The fourth-order valence-corrected chi connectivity index (χ4v) is 6.88. The van der Waals surface area contributed by atoms with E-state index in [1.807, 2.05) is 24.8 Å². The SMILES string of the molecule is CCCCCC1CCC(c2cc(OC)c(OCCC)c(S(=O)(=O)CC(C)O)c2)S1. The van der Waals surface area contributed by atoms with Crippen molar-refractivity contribution in [3.8, 4) is 11.5 Å². The van der Waals surface area contributed by atoms with Gasteiger partial charge in [-0.2, -0.15) is 11.8 Å². The third-order valence-corrected chi connectivity index (χ3v) is 8.71. The standard InChI is InChI=1S/C22H36O5S2/c1-5-7-8-9-18-10-11-20(28-18)17-13-19(26-4)22(27-12-6-2)21(14-17)29(24,25)15-16(3)23/h13-14,16,18,20,23H,5-12,15H2,1-4H3. The second kappa shape index (κ2) is 11.5. The highest BCUT2D eigenvalue weighted by Crippen LogP contribution is 2.49. The summed E-state index contributed by atoms with van der Waals surface area (Å²) in [4.78, 5) is 0.135. The highest BCUT2D eigenvalue weighted by molar-refractivity contribution is 8.00. The van der Waals surface area contributed by atoms with Crippen molar-refractivity contribution >= 4 is 21.6 Å². The molecular formula is C22H36O5S2. The van der Waals surface area contributed by atoms with Crippen LogP contribution in [-0.4, -0.2) is 44.3 Å². The van der Waals surface area contributed by atoms with Crippen molar-refractivity contribution in [2.45, 2.75) is 87.2 Å². The third-order valence-electron chi connectivity index (χ3n) is 5.12. The maximum absolute atomic E-state index is 13.0. The van der Waals surface area contributed by atoms with Gasteiger partial charge in [-0.3, -0.25) is 0 Å². The summed E-state index contributed by atoms with van der Waals surface area (Å²) in [6, 6.07) is 3.68. The molecule has 29 heavy (non-hydrogen) atoms. The van der Waals surface area contributed by atoms with Gasteiger partial charge in [0.05, 0.1) is 25.6 Å². The molecular weight excluding hydrogens is 408 g/mol. The van der Waals surface area contributed by atoms with Gasteiger partial charge in [-0.15, -0.1) is 0 Å². The number of aliphatic hydroxyl groups excluding tert-OH is 1. The monoisotopic (exact) mass is 444 g/mol. The summed E-state index contributed by atoms with van der Waals surface area (Å²) in [5.41, 5.74) is 0.970. The number of methoxy groups -OCH3 is 1. The van der Waals surface area contributed by atoms with Crippen LogP contribution in [0.5, 0.6) is 11.5 Å². The Morgan fingerprint density at radius 2 is 1.97 bits per heavy atom. The summed E-state index contributed by atoms with van der Waals surface area (Å²) in [5, 5.41) is 10.6. The molecule has 5 nitrogen and oxygen atoms in total. The van der Waals surface area contributed by atoms with Crippen LogP contribution in [0.25, 0.3) is 0 Å². The Balaban J connectivity index is 2.36. The summed E-state index contributed by atoms with van der Waals surface area (Å²) in [7, 11) is -2.16. The van der Waals surface area contributed by atoms with E-state index >= 15 is 0 Å². The number of aliphatic hydroxyl groups is 1. The number of thioether (sulfide) groups is 1. The van der Waals surface area contributed by atoms with Gasteiger partial charge in [0.25, 0.3) is 0 Å². The van der Waals surface area contributed by atoms with Crippen LogP contribution in [0.2, 0.25) is 0 Å². The molecule has 0 radical (unpaired) electrons. The first-order valence-corrected chi connectivity index (χ1v) is 13.3. The van der Waals surface area contributed by atoms with Gasteiger partial charge in [0, 0.05) is 10.5 Å². The lowest BCUT2D eigenvalue weighted by Crippen LogP contribution is -2.19. The molecule has 166 valence electrons. The summed E-state index contributed by atoms with van der Waals surface area (Å²) in [6.45, 7) is 6.08. The number of sulfone groups is 1. The van der Waals surface area contributed by atoms with Crippen molar-refractivity contribution in [3.63, 3.8) is 0 Å². The lowest BCUT2D eigenvalue weighted by Gasteiger charge is -2.20. The van der Waals surface area contributed by atoms with Crippen LogP contribution in [0.1, 0.15) is 76.5 Å². The first kappa shape index (κ1) is 24.4. The number of hydrogen-bond donors (Lipinski definition) is 1. The van der Waals surface area contributed by atoms with E-state index in [9.17, 15) is 13.5 Å². The fourth-order valence-electron chi connectivity index (χ4n) is 3.70. The minimum absolute atomic E-state index is 0.135. The van der Waals surface area contributed by atoms with E-state index in [0.29, 0.717) is 17.6 Å². The van der Waals surface area contributed by atoms with Gasteiger partial charge < -0.3 is 14.6 Å². The molecule has 1 fully saturated rings. The average Bonchev–Trinajstić information content (AvgIpc) is 3.13. The molecule has 0 aromatic heterocycles. The first-order chi connectivity index (χ1) is 13.8. The van der Waals surface area contributed by atoms with E-state index < -0.39 is 15.9 Å². The Labute approximate surface area is 180 Å². The van der Waals surface area contributed by atoms with Crippen LogP contribution in [0, 0.1) is 0 Å². The molecule has 0 saturated carbocycles. The smallest absolute Gasteiger partial charge is 0.184 e. The predicted octanol–water partition coefficient (Wildman–Crippen LogP) is 5.16. The first-order valence-electron chi connectivity index (χ1n) is 10.7. The van der Waals surface area contributed by atoms with Gasteiger partial charge in [0.2, 0.25) is 0 Å². The zero-order valence-electron chi connectivity index (χ0n) is 18.1. The maximum atomic E-state index is 13.0. The Hall–Kier alpha value is -0.920. The number of unbranched alkanes of at least 4 members (excludes halogenated alkanes) is 2. The van der Waals surface area contributed by atoms with E-state index in [4.69, 9.17) is 9.47 Å².